The molecule has 0 aliphatic carbocycles. The first-order chi connectivity index (χ1) is 14.4. The van der Waals surface area contributed by atoms with Gasteiger partial charge in [0.2, 0.25) is 5.91 Å². The Morgan fingerprint density at radius 3 is 2.70 bits per heavy atom. The fourth-order valence-corrected chi connectivity index (χ4v) is 4.18. The highest BCUT2D eigenvalue weighted by Gasteiger charge is 2.31. The number of carbonyl (C=O) groups is 1. The van der Waals surface area contributed by atoms with Crippen LogP contribution in [0.15, 0.2) is 52.4 Å². The molecule has 0 bridgehead atoms. The van der Waals surface area contributed by atoms with E-state index in [0.717, 1.165) is 5.56 Å². The normalized spacial score (nSPS) is 15.4. The Balaban J connectivity index is 1.65. The zero-order valence-corrected chi connectivity index (χ0v) is 16.8. The van der Waals surface area contributed by atoms with E-state index >= 15 is 0 Å². The maximum absolute atomic E-state index is 13.0. The van der Waals surface area contributed by atoms with Crippen LogP contribution >= 0.6 is 11.8 Å². The number of hydrogen-bond acceptors (Lipinski definition) is 6. The summed E-state index contributed by atoms with van der Waals surface area (Å²) >= 11 is 1.28. The van der Waals surface area contributed by atoms with Crippen LogP contribution in [0.3, 0.4) is 0 Å². The van der Waals surface area contributed by atoms with E-state index in [1.165, 1.54) is 37.1 Å². The number of phenols is 1. The maximum Gasteiger partial charge on any atom is 0.257 e. The van der Waals surface area contributed by atoms with E-state index in [1.807, 2.05) is 0 Å². The molecule has 0 fully saturated rings. The van der Waals surface area contributed by atoms with Crippen molar-refractivity contribution in [3.05, 3.63) is 75.3 Å². The second-order valence-electron chi connectivity index (χ2n) is 6.78. The maximum atomic E-state index is 13.0. The van der Waals surface area contributed by atoms with Crippen molar-refractivity contribution in [2.24, 2.45) is 0 Å². The molecule has 0 unspecified atom stereocenters. The lowest BCUT2D eigenvalue weighted by atomic mass is 9.86. The molecule has 2 heterocycles. The smallest absolute Gasteiger partial charge is 0.257 e. The predicted molar refractivity (Wildman–Crippen MR) is 111 cm³/mol. The number of nitrogens with one attached hydrogen (secondary N) is 2. The number of ether oxygens (including phenoxy) is 1. The number of aromatic nitrogens is 2. The molecule has 3 aromatic rings. The van der Waals surface area contributed by atoms with Gasteiger partial charge in [-0.15, -0.1) is 0 Å². The van der Waals surface area contributed by atoms with E-state index < -0.39 is 5.92 Å². The molecule has 0 spiro atoms. The summed E-state index contributed by atoms with van der Waals surface area (Å²) in [5.74, 6) is -0.212. The third-order valence-corrected chi connectivity index (χ3v) is 5.77. The Morgan fingerprint density at radius 2 is 2.00 bits per heavy atom. The van der Waals surface area contributed by atoms with E-state index in [4.69, 9.17) is 4.74 Å². The summed E-state index contributed by atoms with van der Waals surface area (Å²) in [7, 11) is 1.44. The van der Waals surface area contributed by atoms with Gasteiger partial charge >= 0.3 is 0 Å². The monoisotopic (exact) mass is 427 g/mol. The molecule has 1 amide bonds. The topological polar surface area (TPSA) is 104 Å². The number of hydrogen-bond donors (Lipinski definition) is 3. The van der Waals surface area contributed by atoms with Crippen molar-refractivity contribution in [3.63, 3.8) is 0 Å². The average molecular weight is 427 g/mol. The number of aromatic hydroxyl groups is 1. The van der Waals surface area contributed by atoms with Gasteiger partial charge < -0.3 is 20.1 Å². The highest BCUT2D eigenvalue weighted by Crippen LogP contribution is 2.38. The van der Waals surface area contributed by atoms with Gasteiger partial charge in [0.15, 0.2) is 16.7 Å². The van der Waals surface area contributed by atoms with Gasteiger partial charge in [0.05, 0.1) is 12.7 Å². The molecule has 3 N–H and O–H groups in total. The summed E-state index contributed by atoms with van der Waals surface area (Å²) in [5, 5.41) is 13.1. The number of H-pyrrole nitrogens is 1. The fourth-order valence-electron chi connectivity index (χ4n) is 3.36. The fraction of sp³-hybridized carbons (Fsp3) is 0.190. The molecule has 1 aliphatic rings. The standard InChI is InChI=1S/C21H18FN3O4S/c1-29-16-7-4-12(8-15(16)26)14-9-17(27)23-19-18(14)20(28)25-21(24-19)30-10-11-2-5-13(22)6-3-11/h2-8,14,26H,9-10H2,1H3,(H2,23,24,25,27,28)/t14-/m0/s1. The molecule has 1 atom stereocenters. The number of phenolic OH excluding ortho intramolecular Hbond substituents is 1. The van der Waals surface area contributed by atoms with Gasteiger partial charge in [-0.05, 0) is 35.4 Å². The summed E-state index contributed by atoms with van der Waals surface area (Å²) in [6.07, 6.45) is 0.0611. The number of methoxy groups -OCH3 is 1. The number of fused-ring (bicyclic) bond motifs is 1. The van der Waals surface area contributed by atoms with Crippen molar-refractivity contribution < 1.29 is 19.0 Å². The van der Waals surface area contributed by atoms with Crippen molar-refractivity contribution in [3.8, 4) is 11.5 Å². The van der Waals surface area contributed by atoms with E-state index in [2.05, 4.69) is 15.3 Å². The Bertz CT molecular complexity index is 1160. The van der Waals surface area contributed by atoms with Gasteiger partial charge in [-0.25, -0.2) is 9.37 Å². The first-order valence-corrected chi connectivity index (χ1v) is 10.1. The highest BCUT2D eigenvalue weighted by atomic mass is 32.2. The van der Waals surface area contributed by atoms with Crippen molar-refractivity contribution in [2.45, 2.75) is 23.2 Å². The van der Waals surface area contributed by atoms with E-state index in [-0.39, 0.29) is 35.3 Å². The molecule has 2 aromatic carbocycles. The molecule has 30 heavy (non-hydrogen) atoms. The van der Waals surface area contributed by atoms with Crippen LogP contribution in [0.5, 0.6) is 11.5 Å². The highest BCUT2D eigenvalue weighted by molar-refractivity contribution is 7.98. The summed E-state index contributed by atoms with van der Waals surface area (Å²) in [6, 6.07) is 10.8. The first kappa shape index (κ1) is 20.0. The Kier molecular flexibility index (Phi) is 5.45. The lowest BCUT2D eigenvalue weighted by Crippen LogP contribution is -2.31. The number of amides is 1. The van der Waals surface area contributed by atoms with Gasteiger partial charge in [0.1, 0.15) is 11.6 Å². The van der Waals surface area contributed by atoms with Crippen molar-refractivity contribution in [1.29, 1.82) is 0 Å². The molecule has 7 nitrogen and oxygen atoms in total. The molecule has 0 radical (unpaired) electrons. The van der Waals surface area contributed by atoms with Crippen LogP contribution in [0.1, 0.15) is 29.0 Å². The number of anilines is 1. The SMILES string of the molecule is COc1ccc([C@@H]2CC(=O)Nc3nc(SCc4ccc(F)cc4)[nH]c(=O)c32)cc1O. The minimum atomic E-state index is -0.544. The largest absolute Gasteiger partial charge is 0.504 e. The quantitative estimate of drug-likeness (QED) is 0.426. The number of thioether (sulfide) groups is 1. The van der Waals surface area contributed by atoms with Crippen LogP contribution in [-0.4, -0.2) is 28.1 Å². The third-order valence-electron chi connectivity index (χ3n) is 4.82. The number of benzene rings is 2. The average Bonchev–Trinajstić information content (AvgIpc) is 2.72. The van der Waals surface area contributed by atoms with Crippen LogP contribution < -0.4 is 15.6 Å². The van der Waals surface area contributed by atoms with E-state index in [9.17, 15) is 19.1 Å². The minimum Gasteiger partial charge on any atom is -0.504 e. The van der Waals surface area contributed by atoms with Gasteiger partial charge in [0, 0.05) is 18.1 Å². The molecule has 0 saturated carbocycles. The molecule has 1 aromatic heterocycles. The molecule has 0 saturated heterocycles. The number of aromatic amines is 1. The Labute approximate surface area is 175 Å². The lowest BCUT2D eigenvalue weighted by molar-refractivity contribution is -0.116. The summed E-state index contributed by atoms with van der Waals surface area (Å²) < 4.78 is 18.1. The molecule has 9 heteroatoms. The number of nitrogens with zero attached hydrogens (tertiary/aromatic N) is 1. The second kappa shape index (κ2) is 8.19. The minimum absolute atomic E-state index is 0.0611. The Hall–Kier alpha value is -3.33. The van der Waals surface area contributed by atoms with Crippen LogP contribution in [0.4, 0.5) is 10.2 Å². The molecule has 154 valence electrons. The first-order valence-electron chi connectivity index (χ1n) is 9.13. The zero-order valence-electron chi connectivity index (χ0n) is 15.9. The molecular weight excluding hydrogens is 409 g/mol. The third kappa shape index (κ3) is 4.02. The number of halogens is 1. The Morgan fingerprint density at radius 1 is 1.23 bits per heavy atom. The summed E-state index contributed by atoms with van der Waals surface area (Å²) in [6.45, 7) is 0. The van der Waals surface area contributed by atoms with E-state index in [0.29, 0.717) is 27.8 Å². The lowest BCUT2D eigenvalue weighted by Gasteiger charge is -2.24. The van der Waals surface area contributed by atoms with Crippen LogP contribution in [0, 0.1) is 5.82 Å². The van der Waals surface area contributed by atoms with Crippen molar-refractivity contribution in [2.75, 3.05) is 12.4 Å². The predicted octanol–water partition coefficient (Wildman–Crippen LogP) is 3.39. The van der Waals surface area contributed by atoms with Crippen LogP contribution in [0.25, 0.3) is 0 Å². The molecular formula is C21H18FN3O4S. The van der Waals surface area contributed by atoms with Crippen molar-refractivity contribution in [1.82, 2.24) is 9.97 Å². The summed E-state index contributed by atoms with van der Waals surface area (Å²) in [4.78, 5) is 32.3. The van der Waals surface area contributed by atoms with Gasteiger partial charge in [0.25, 0.3) is 5.56 Å². The van der Waals surface area contributed by atoms with Gasteiger partial charge in [-0.3, -0.25) is 9.59 Å². The molecule has 4 rings (SSSR count). The number of carbonyl (C=O) groups excluding carboxylic acids is 1. The second-order valence-corrected chi connectivity index (χ2v) is 7.75. The van der Waals surface area contributed by atoms with E-state index in [1.54, 1.807) is 24.3 Å². The van der Waals surface area contributed by atoms with Crippen LogP contribution in [0.2, 0.25) is 0 Å². The van der Waals surface area contributed by atoms with Crippen LogP contribution in [-0.2, 0) is 10.5 Å². The van der Waals surface area contributed by atoms with Gasteiger partial charge in [-0.2, -0.15) is 0 Å². The molecule has 1 aliphatic heterocycles. The van der Waals surface area contributed by atoms with Gasteiger partial charge in [-0.1, -0.05) is 30.0 Å². The zero-order chi connectivity index (χ0) is 21.3. The number of rotatable bonds is 5. The van der Waals surface area contributed by atoms with Crippen molar-refractivity contribution >= 4 is 23.5 Å². The summed E-state index contributed by atoms with van der Waals surface area (Å²) in [5.41, 5.74) is 1.47.